The van der Waals surface area contributed by atoms with Gasteiger partial charge in [-0.3, -0.25) is 9.59 Å². The highest BCUT2D eigenvalue weighted by Crippen LogP contribution is 2.33. The molecular weight excluding hydrogens is 370 g/mol. The van der Waals surface area contributed by atoms with E-state index >= 15 is 0 Å². The lowest BCUT2D eigenvalue weighted by Gasteiger charge is -2.17. The van der Waals surface area contributed by atoms with E-state index in [1.54, 1.807) is 29.2 Å². The van der Waals surface area contributed by atoms with Crippen molar-refractivity contribution in [2.75, 3.05) is 26.3 Å². The minimum Gasteiger partial charge on any atom is -0.491 e. The lowest BCUT2D eigenvalue weighted by molar-refractivity contribution is -0.141. The maximum absolute atomic E-state index is 12.9. The number of aliphatic carboxylic acids is 1. The summed E-state index contributed by atoms with van der Waals surface area (Å²) in [5.41, 5.74) is 1.49. The molecule has 6 nitrogen and oxygen atoms in total. The van der Waals surface area contributed by atoms with Gasteiger partial charge in [-0.15, -0.1) is 0 Å². The van der Waals surface area contributed by atoms with Crippen molar-refractivity contribution in [2.24, 2.45) is 5.92 Å². The Hall–Kier alpha value is -2.86. The molecule has 2 heterocycles. The fraction of sp³-hybridized carbons (Fsp3) is 0.391. The smallest absolute Gasteiger partial charge is 0.308 e. The fourth-order valence-electron chi connectivity index (χ4n) is 4.10. The summed E-state index contributed by atoms with van der Waals surface area (Å²) < 4.78 is 11.3. The van der Waals surface area contributed by atoms with Crippen molar-refractivity contribution in [3.8, 4) is 5.75 Å². The van der Waals surface area contributed by atoms with Gasteiger partial charge in [-0.2, -0.15) is 0 Å². The van der Waals surface area contributed by atoms with Gasteiger partial charge in [0.2, 0.25) is 0 Å². The van der Waals surface area contributed by atoms with Gasteiger partial charge in [0, 0.05) is 31.2 Å². The number of hydrogen-bond donors (Lipinski definition) is 1. The summed E-state index contributed by atoms with van der Waals surface area (Å²) in [5.74, 6) is -1.13. The van der Waals surface area contributed by atoms with Crippen molar-refractivity contribution in [1.82, 2.24) is 4.90 Å². The first-order chi connectivity index (χ1) is 14.1. The molecule has 152 valence electrons. The van der Waals surface area contributed by atoms with Crippen LogP contribution in [0.15, 0.2) is 54.6 Å². The summed E-state index contributed by atoms with van der Waals surface area (Å²) in [7, 11) is 0. The Morgan fingerprint density at radius 2 is 1.83 bits per heavy atom. The van der Waals surface area contributed by atoms with Gasteiger partial charge in [0.05, 0.1) is 12.0 Å². The molecule has 0 bridgehead atoms. The van der Waals surface area contributed by atoms with Crippen LogP contribution in [0.25, 0.3) is 0 Å². The maximum Gasteiger partial charge on any atom is 0.308 e. The topological polar surface area (TPSA) is 76.1 Å². The molecule has 2 fully saturated rings. The summed E-state index contributed by atoms with van der Waals surface area (Å²) in [5, 5.41) is 9.64. The average molecular weight is 395 g/mol. The first-order valence-corrected chi connectivity index (χ1v) is 10.0. The second-order valence-corrected chi connectivity index (χ2v) is 7.64. The minimum atomic E-state index is -0.868. The number of carbonyl (C=O) groups excluding carboxylic acids is 1. The van der Waals surface area contributed by atoms with Crippen molar-refractivity contribution < 1.29 is 24.2 Å². The van der Waals surface area contributed by atoms with Gasteiger partial charge in [0.1, 0.15) is 12.4 Å². The maximum atomic E-state index is 12.9. The zero-order chi connectivity index (χ0) is 20.2. The van der Waals surface area contributed by atoms with E-state index in [0.29, 0.717) is 24.5 Å². The molecule has 1 amide bonds. The Balaban J connectivity index is 1.41. The van der Waals surface area contributed by atoms with E-state index in [-0.39, 0.29) is 24.5 Å². The highest BCUT2D eigenvalue weighted by atomic mass is 16.5. The number of rotatable bonds is 6. The minimum absolute atomic E-state index is 0.142. The Bertz CT molecular complexity index is 845. The standard InChI is InChI=1S/C23H25NO5/c25-22(17-8-10-18(11-9-17)29-15-19-7-4-12-28-19)24-13-20(21(14-24)23(26)27)16-5-2-1-3-6-16/h1-3,5-6,8-11,19-21H,4,7,12-15H2,(H,26,27). The first-order valence-electron chi connectivity index (χ1n) is 10.0. The van der Waals surface area contributed by atoms with E-state index < -0.39 is 11.9 Å². The third kappa shape index (κ3) is 4.43. The molecule has 2 saturated heterocycles. The predicted molar refractivity (Wildman–Crippen MR) is 107 cm³/mol. The van der Waals surface area contributed by atoms with Crippen LogP contribution in [0.4, 0.5) is 0 Å². The first kappa shape index (κ1) is 19.5. The molecule has 2 aromatic rings. The number of carbonyl (C=O) groups is 2. The van der Waals surface area contributed by atoms with Gasteiger partial charge < -0.3 is 19.5 Å². The van der Waals surface area contributed by atoms with E-state index in [9.17, 15) is 14.7 Å². The average Bonchev–Trinajstić information content (AvgIpc) is 3.43. The van der Waals surface area contributed by atoms with Gasteiger partial charge >= 0.3 is 5.97 Å². The van der Waals surface area contributed by atoms with Gasteiger partial charge in [-0.25, -0.2) is 0 Å². The van der Waals surface area contributed by atoms with E-state index in [4.69, 9.17) is 9.47 Å². The molecule has 2 aromatic carbocycles. The van der Waals surface area contributed by atoms with Gasteiger partial charge in [0.25, 0.3) is 5.91 Å². The number of likely N-dealkylation sites (tertiary alicyclic amines) is 1. The number of hydrogen-bond acceptors (Lipinski definition) is 4. The van der Waals surface area contributed by atoms with Crippen LogP contribution < -0.4 is 4.74 Å². The molecule has 29 heavy (non-hydrogen) atoms. The number of benzene rings is 2. The second-order valence-electron chi connectivity index (χ2n) is 7.64. The molecule has 3 unspecified atom stereocenters. The van der Waals surface area contributed by atoms with Crippen LogP contribution in [0.2, 0.25) is 0 Å². The summed E-state index contributed by atoms with van der Waals surface area (Å²) in [6, 6.07) is 16.6. The van der Waals surface area contributed by atoms with E-state index in [2.05, 4.69) is 0 Å². The molecule has 0 aromatic heterocycles. The van der Waals surface area contributed by atoms with Crippen LogP contribution in [0.5, 0.6) is 5.75 Å². The van der Waals surface area contributed by atoms with Crippen molar-refractivity contribution in [1.29, 1.82) is 0 Å². The number of carboxylic acids is 1. The van der Waals surface area contributed by atoms with Crippen LogP contribution in [-0.4, -0.2) is 54.3 Å². The van der Waals surface area contributed by atoms with Crippen LogP contribution in [0, 0.1) is 5.92 Å². The quantitative estimate of drug-likeness (QED) is 0.813. The van der Waals surface area contributed by atoms with Gasteiger partial charge in [0.15, 0.2) is 0 Å². The second kappa shape index (κ2) is 8.66. The molecule has 0 saturated carbocycles. The van der Waals surface area contributed by atoms with Crippen molar-refractivity contribution in [3.05, 3.63) is 65.7 Å². The normalized spacial score (nSPS) is 23.9. The van der Waals surface area contributed by atoms with Crippen LogP contribution >= 0.6 is 0 Å². The molecule has 6 heteroatoms. The molecule has 0 radical (unpaired) electrons. The molecule has 2 aliphatic rings. The summed E-state index contributed by atoms with van der Waals surface area (Å²) in [4.78, 5) is 26.3. The number of carboxylic acid groups (broad SMARTS) is 1. The van der Waals surface area contributed by atoms with Gasteiger partial charge in [-0.1, -0.05) is 30.3 Å². The molecule has 3 atom stereocenters. The fourth-order valence-corrected chi connectivity index (χ4v) is 4.10. The summed E-state index contributed by atoms with van der Waals surface area (Å²) in [6.45, 7) is 1.92. The number of ether oxygens (including phenoxy) is 2. The summed E-state index contributed by atoms with van der Waals surface area (Å²) in [6.07, 6.45) is 2.22. The molecule has 1 N–H and O–H groups in total. The third-order valence-electron chi connectivity index (χ3n) is 5.71. The van der Waals surface area contributed by atoms with Crippen molar-refractivity contribution in [2.45, 2.75) is 24.9 Å². The SMILES string of the molecule is O=C(O)C1CN(C(=O)c2ccc(OCC3CCCO3)cc2)CC1c1ccccc1. The number of amides is 1. The summed E-state index contributed by atoms with van der Waals surface area (Å²) >= 11 is 0. The molecular formula is C23H25NO5. The lowest BCUT2D eigenvalue weighted by Crippen LogP contribution is -2.29. The lowest BCUT2D eigenvalue weighted by atomic mass is 9.89. The Kier molecular flexibility index (Phi) is 5.81. The van der Waals surface area contributed by atoms with E-state index in [0.717, 1.165) is 25.0 Å². The largest absolute Gasteiger partial charge is 0.491 e. The van der Waals surface area contributed by atoms with Gasteiger partial charge in [-0.05, 0) is 42.7 Å². The van der Waals surface area contributed by atoms with Crippen molar-refractivity contribution in [3.63, 3.8) is 0 Å². The number of nitrogens with zero attached hydrogens (tertiary/aromatic N) is 1. The van der Waals surface area contributed by atoms with Crippen LogP contribution in [0.3, 0.4) is 0 Å². The van der Waals surface area contributed by atoms with E-state index in [1.807, 2.05) is 30.3 Å². The Morgan fingerprint density at radius 1 is 1.07 bits per heavy atom. The Labute approximate surface area is 170 Å². The zero-order valence-corrected chi connectivity index (χ0v) is 16.2. The van der Waals surface area contributed by atoms with E-state index in [1.165, 1.54) is 0 Å². The molecule has 2 aliphatic heterocycles. The van der Waals surface area contributed by atoms with Crippen LogP contribution in [0.1, 0.15) is 34.7 Å². The predicted octanol–water partition coefficient (Wildman–Crippen LogP) is 3.18. The highest BCUT2D eigenvalue weighted by Gasteiger charge is 2.40. The third-order valence-corrected chi connectivity index (χ3v) is 5.71. The van der Waals surface area contributed by atoms with Crippen LogP contribution in [-0.2, 0) is 9.53 Å². The molecule has 4 rings (SSSR count). The van der Waals surface area contributed by atoms with Crippen molar-refractivity contribution >= 4 is 11.9 Å². The molecule has 0 aliphatic carbocycles. The molecule has 0 spiro atoms. The Morgan fingerprint density at radius 3 is 2.48 bits per heavy atom. The zero-order valence-electron chi connectivity index (χ0n) is 16.2. The monoisotopic (exact) mass is 395 g/mol. The highest BCUT2D eigenvalue weighted by molar-refractivity contribution is 5.95.